The first kappa shape index (κ1) is 19.2. The molecular formula is C24H34ClN2+. The van der Waals surface area contributed by atoms with E-state index in [4.69, 9.17) is 11.6 Å². The second kappa shape index (κ2) is 8.90. The summed E-state index contributed by atoms with van der Waals surface area (Å²) < 4.78 is 2.14. The molecule has 3 heteroatoms. The molecule has 1 heterocycles. The molecule has 27 heavy (non-hydrogen) atoms. The maximum atomic E-state index is 6.36. The Bertz CT molecular complexity index is 703. The average molecular weight is 386 g/mol. The van der Waals surface area contributed by atoms with Crippen LogP contribution in [0.1, 0.15) is 89.5 Å². The molecule has 0 bridgehead atoms. The molecule has 2 fully saturated rings. The minimum Gasteiger partial charge on any atom is -0.0654 e. The summed E-state index contributed by atoms with van der Waals surface area (Å²) in [5, 5.41) is 5.28. The molecule has 2 nitrogen and oxygen atoms in total. The van der Waals surface area contributed by atoms with Crippen LogP contribution in [-0.4, -0.2) is 15.6 Å². The van der Waals surface area contributed by atoms with Gasteiger partial charge >= 0.3 is 0 Å². The predicted octanol–water partition coefficient (Wildman–Crippen LogP) is 7.26. The topological polar surface area (TPSA) is 15.4 Å². The predicted molar refractivity (Wildman–Crippen MR) is 115 cm³/mol. The summed E-state index contributed by atoms with van der Waals surface area (Å²) in [6.45, 7) is 2.31. The fraction of sp³-hybridized carbons (Fsp3) is 0.667. The number of hydrazone groups is 1. The van der Waals surface area contributed by atoms with Crippen molar-refractivity contribution in [2.24, 2.45) is 22.9 Å². The Kier molecular flexibility index (Phi) is 6.32. The van der Waals surface area contributed by atoms with Crippen molar-refractivity contribution in [2.75, 3.05) is 0 Å². The molecular weight excluding hydrogens is 352 g/mol. The molecule has 0 radical (unpaired) electrons. The van der Waals surface area contributed by atoms with Crippen molar-refractivity contribution in [3.05, 3.63) is 29.8 Å². The van der Waals surface area contributed by atoms with E-state index in [9.17, 15) is 0 Å². The lowest BCUT2D eigenvalue weighted by atomic mass is 9.70. The third-order valence-corrected chi connectivity index (χ3v) is 7.50. The first-order chi connectivity index (χ1) is 13.3. The van der Waals surface area contributed by atoms with Crippen LogP contribution in [-0.2, 0) is 0 Å². The van der Waals surface area contributed by atoms with Crippen molar-refractivity contribution in [3.63, 3.8) is 0 Å². The minimum atomic E-state index is 0.640. The van der Waals surface area contributed by atoms with Gasteiger partial charge in [0.1, 0.15) is 0 Å². The standard InChI is InChI=1S/C24H34ClN2/c1-2-3-4-7-18-10-12-19(13-11-18)20-14-16-21(17-15-20)27-23-9-6-5-8-22(23)24(25)26-27/h5-6,8-9,18-20H,2-4,7,10-17H2,1H3/q+1. The molecule has 0 atom stereocenters. The highest BCUT2D eigenvalue weighted by atomic mass is 35.5. The molecule has 1 aromatic rings. The number of halogens is 1. The number of para-hydroxylation sites is 1. The summed E-state index contributed by atoms with van der Waals surface area (Å²) in [4.78, 5) is 0. The van der Waals surface area contributed by atoms with E-state index < -0.39 is 0 Å². The summed E-state index contributed by atoms with van der Waals surface area (Å²) in [5.74, 6) is 2.94. The molecule has 4 rings (SSSR count). The Hall–Kier alpha value is -1.15. The molecule has 1 aromatic carbocycles. The van der Waals surface area contributed by atoms with Gasteiger partial charge in [0.05, 0.1) is 5.56 Å². The molecule has 146 valence electrons. The number of hydrogen-bond donors (Lipinski definition) is 0. The summed E-state index contributed by atoms with van der Waals surface area (Å²) in [6.07, 6.45) is 16.7. The highest BCUT2D eigenvalue weighted by molar-refractivity contribution is 6.70. The van der Waals surface area contributed by atoms with Gasteiger partial charge in [0.2, 0.25) is 10.9 Å². The average Bonchev–Trinajstić information content (AvgIpc) is 3.06. The van der Waals surface area contributed by atoms with Gasteiger partial charge < -0.3 is 0 Å². The molecule has 0 spiro atoms. The zero-order valence-corrected chi connectivity index (χ0v) is 17.6. The van der Waals surface area contributed by atoms with E-state index in [0.717, 1.165) is 23.3 Å². The van der Waals surface area contributed by atoms with E-state index >= 15 is 0 Å². The lowest BCUT2D eigenvalue weighted by Gasteiger charge is -2.35. The second-order valence-electron chi connectivity index (χ2n) is 8.90. The van der Waals surface area contributed by atoms with E-state index in [1.165, 1.54) is 88.4 Å². The van der Waals surface area contributed by atoms with E-state index in [1.807, 2.05) is 6.07 Å². The van der Waals surface area contributed by atoms with Crippen LogP contribution in [0.15, 0.2) is 29.4 Å². The largest absolute Gasteiger partial charge is 0.248 e. The van der Waals surface area contributed by atoms with Crippen LogP contribution in [0.5, 0.6) is 0 Å². The van der Waals surface area contributed by atoms with Crippen LogP contribution < -0.4 is 0 Å². The Morgan fingerprint density at radius 3 is 2.41 bits per heavy atom. The first-order valence-electron chi connectivity index (χ1n) is 11.2. The van der Waals surface area contributed by atoms with Crippen molar-refractivity contribution >= 4 is 28.2 Å². The van der Waals surface area contributed by atoms with E-state index in [1.54, 1.807) is 0 Å². The van der Waals surface area contributed by atoms with Crippen LogP contribution >= 0.6 is 11.6 Å². The molecule has 0 amide bonds. The molecule has 0 N–H and O–H groups in total. The molecule has 1 aliphatic heterocycles. The lowest BCUT2D eigenvalue weighted by Crippen LogP contribution is -2.27. The highest BCUT2D eigenvalue weighted by Gasteiger charge is 2.35. The molecule has 2 saturated carbocycles. The summed E-state index contributed by atoms with van der Waals surface area (Å²) in [6, 6.07) is 8.35. The number of unbranched alkanes of at least 4 members (excludes halogenated alkanes) is 2. The normalized spacial score (nSPS) is 28.2. The van der Waals surface area contributed by atoms with Crippen LogP contribution in [0.4, 0.5) is 5.69 Å². The van der Waals surface area contributed by atoms with Gasteiger partial charge in [-0.3, -0.25) is 0 Å². The molecule has 0 aromatic heterocycles. The van der Waals surface area contributed by atoms with E-state index in [-0.39, 0.29) is 0 Å². The zero-order valence-electron chi connectivity index (χ0n) is 16.8. The van der Waals surface area contributed by atoms with Gasteiger partial charge in [0.15, 0.2) is 5.71 Å². The molecule has 0 saturated heterocycles. The van der Waals surface area contributed by atoms with Crippen LogP contribution in [0, 0.1) is 17.8 Å². The van der Waals surface area contributed by atoms with Crippen molar-refractivity contribution in [3.8, 4) is 0 Å². The first-order valence-corrected chi connectivity index (χ1v) is 11.6. The summed E-state index contributed by atoms with van der Waals surface area (Å²) >= 11 is 6.36. The van der Waals surface area contributed by atoms with Gasteiger partial charge in [0.25, 0.3) is 0 Å². The number of nitrogens with zero attached hydrogens (tertiary/aromatic N) is 2. The monoisotopic (exact) mass is 385 g/mol. The van der Waals surface area contributed by atoms with Crippen molar-refractivity contribution in [1.29, 1.82) is 0 Å². The third kappa shape index (κ3) is 4.31. The van der Waals surface area contributed by atoms with Gasteiger partial charge in [-0.05, 0) is 49.5 Å². The van der Waals surface area contributed by atoms with Gasteiger partial charge in [0, 0.05) is 24.0 Å². The molecule has 3 aliphatic rings. The zero-order chi connectivity index (χ0) is 18.6. The molecule has 0 unspecified atom stereocenters. The fourth-order valence-corrected chi connectivity index (χ4v) is 5.79. The van der Waals surface area contributed by atoms with Gasteiger partial charge in [-0.15, -0.1) is 0 Å². The maximum Gasteiger partial charge on any atom is 0.248 e. The Balaban J connectivity index is 1.32. The van der Waals surface area contributed by atoms with E-state index in [2.05, 4.69) is 34.9 Å². The van der Waals surface area contributed by atoms with Crippen LogP contribution in [0.2, 0.25) is 0 Å². The van der Waals surface area contributed by atoms with Gasteiger partial charge in [-0.2, -0.15) is 0 Å². The Morgan fingerprint density at radius 1 is 0.963 bits per heavy atom. The smallest absolute Gasteiger partial charge is 0.0654 e. The number of hydrogen-bond acceptors (Lipinski definition) is 1. The van der Waals surface area contributed by atoms with Gasteiger partial charge in [-0.25, -0.2) is 0 Å². The van der Waals surface area contributed by atoms with E-state index in [0.29, 0.717) is 5.17 Å². The van der Waals surface area contributed by atoms with Crippen LogP contribution in [0.25, 0.3) is 0 Å². The van der Waals surface area contributed by atoms with Crippen LogP contribution in [0.3, 0.4) is 0 Å². The Morgan fingerprint density at radius 2 is 1.67 bits per heavy atom. The fourth-order valence-electron chi connectivity index (χ4n) is 5.56. The Labute approximate surface area is 169 Å². The summed E-state index contributed by atoms with van der Waals surface area (Å²) in [5.41, 5.74) is 3.71. The maximum absolute atomic E-state index is 6.36. The quantitative estimate of drug-likeness (QED) is 0.374. The van der Waals surface area contributed by atoms with Crippen molar-refractivity contribution in [1.82, 2.24) is 0 Å². The third-order valence-electron chi connectivity index (χ3n) is 7.22. The number of benzene rings is 1. The van der Waals surface area contributed by atoms with Crippen molar-refractivity contribution < 1.29 is 4.68 Å². The number of rotatable bonds is 5. The minimum absolute atomic E-state index is 0.640. The lowest BCUT2D eigenvalue weighted by molar-refractivity contribution is -0.444. The van der Waals surface area contributed by atoms with Gasteiger partial charge in [-0.1, -0.05) is 73.9 Å². The highest BCUT2D eigenvalue weighted by Crippen LogP contribution is 2.41. The summed E-state index contributed by atoms with van der Waals surface area (Å²) in [7, 11) is 0. The molecule has 2 aliphatic carbocycles. The SMILES string of the molecule is CCCCCC1CCC(C2CCC(=[N+]3N=C(Cl)c4ccccc43)CC2)CC1. The van der Waals surface area contributed by atoms with Crippen molar-refractivity contribution in [2.45, 2.75) is 84.0 Å². The number of fused-ring (bicyclic) bond motifs is 1. The second-order valence-corrected chi connectivity index (χ2v) is 9.26.